The van der Waals surface area contributed by atoms with Gasteiger partial charge in [-0.25, -0.2) is 0 Å². The maximum atomic E-state index is 12.5. The first-order valence-electron chi connectivity index (χ1n) is 6.93. The van der Waals surface area contributed by atoms with E-state index in [0.29, 0.717) is 0 Å². The van der Waals surface area contributed by atoms with Crippen LogP contribution in [0.4, 0.5) is 18.9 Å². The molecule has 112 valence electrons. The number of hydrogen-bond donors (Lipinski definition) is 1. The van der Waals surface area contributed by atoms with Gasteiger partial charge in [0.05, 0.1) is 5.56 Å². The van der Waals surface area contributed by atoms with Crippen LogP contribution in [0.25, 0.3) is 0 Å². The summed E-state index contributed by atoms with van der Waals surface area (Å²) in [6.45, 7) is 4.02. The van der Waals surface area contributed by atoms with Crippen molar-refractivity contribution in [3.05, 3.63) is 65.2 Å². The van der Waals surface area contributed by atoms with Crippen LogP contribution in [0.2, 0.25) is 0 Å². The van der Waals surface area contributed by atoms with Crippen LogP contribution in [0.5, 0.6) is 0 Å². The van der Waals surface area contributed by atoms with Crippen molar-refractivity contribution in [2.75, 3.05) is 5.32 Å². The van der Waals surface area contributed by atoms with Gasteiger partial charge in [0.25, 0.3) is 0 Å². The van der Waals surface area contributed by atoms with Crippen LogP contribution in [0.15, 0.2) is 48.5 Å². The average molecular weight is 293 g/mol. The zero-order chi connectivity index (χ0) is 15.5. The lowest BCUT2D eigenvalue weighted by Crippen LogP contribution is -2.08. The van der Waals surface area contributed by atoms with Crippen LogP contribution in [0, 0.1) is 0 Å². The van der Waals surface area contributed by atoms with Crippen molar-refractivity contribution in [2.24, 2.45) is 0 Å². The molecule has 0 aliphatic rings. The van der Waals surface area contributed by atoms with E-state index in [9.17, 15) is 13.2 Å². The third-order valence-electron chi connectivity index (χ3n) is 3.48. The molecule has 1 unspecified atom stereocenters. The van der Waals surface area contributed by atoms with Crippen LogP contribution in [-0.4, -0.2) is 0 Å². The number of anilines is 1. The molecular weight excluding hydrogens is 275 g/mol. The number of benzene rings is 2. The molecule has 0 aliphatic heterocycles. The Hall–Kier alpha value is -1.97. The van der Waals surface area contributed by atoms with Crippen molar-refractivity contribution in [3.63, 3.8) is 0 Å². The molecule has 2 aromatic carbocycles. The Morgan fingerprint density at radius 1 is 0.952 bits per heavy atom. The van der Waals surface area contributed by atoms with Gasteiger partial charge in [0.15, 0.2) is 0 Å². The summed E-state index contributed by atoms with van der Waals surface area (Å²) in [6.07, 6.45) is -3.31. The van der Waals surface area contributed by atoms with Gasteiger partial charge in [-0.1, -0.05) is 31.2 Å². The second-order valence-electron chi connectivity index (χ2n) is 5.04. The van der Waals surface area contributed by atoms with Gasteiger partial charge in [-0.05, 0) is 48.7 Å². The molecule has 0 saturated heterocycles. The highest BCUT2D eigenvalue weighted by molar-refractivity contribution is 5.46. The number of alkyl halides is 3. The molecule has 4 heteroatoms. The summed E-state index contributed by atoms with van der Waals surface area (Å²) < 4.78 is 37.6. The third-order valence-corrected chi connectivity index (χ3v) is 3.48. The highest BCUT2D eigenvalue weighted by Gasteiger charge is 2.30. The van der Waals surface area contributed by atoms with Crippen LogP contribution in [0.1, 0.15) is 36.6 Å². The Bertz CT molecular complexity index is 570. The van der Waals surface area contributed by atoms with Gasteiger partial charge < -0.3 is 5.32 Å². The number of halogens is 3. The van der Waals surface area contributed by atoms with Gasteiger partial charge in [-0.2, -0.15) is 13.2 Å². The van der Waals surface area contributed by atoms with Gasteiger partial charge in [-0.15, -0.1) is 0 Å². The third kappa shape index (κ3) is 4.00. The highest BCUT2D eigenvalue weighted by Crippen LogP contribution is 2.30. The molecule has 1 atom stereocenters. The van der Waals surface area contributed by atoms with Crippen molar-refractivity contribution < 1.29 is 13.2 Å². The quantitative estimate of drug-likeness (QED) is 0.791. The van der Waals surface area contributed by atoms with E-state index in [-0.39, 0.29) is 6.04 Å². The minimum Gasteiger partial charge on any atom is -0.379 e. The Balaban J connectivity index is 2.07. The maximum absolute atomic E-state index is 12.5. The molecule has 0 fully saturated rings. The molecule has 1 N–H and O–H groups in total. The molecule has 0 amide bonds. The van der Waals surface area contributed by atoms with E-state index in [1.54, 1.807) is 0 Å². The van der Waals surface area contributed by atoms with E-state index < -0.39 is 11.7 Å². The lowest BCUT2D eigenvalue weighted by Gasteiger charge is -2.17. The molecule has 2 rings (SSSR count). The molecule has 0 bridgehead atoms. The summed E-state index contributed by atoms with van der Waals surface area (Å²) in [5.74, 6) is 0. The Labute approximate surface area is 122 Å². The molecule has 0 aromatic heterocycles. The zero-order valence-corrected chi connectivity index (χ0v) is 12.0. The van der Waals surface area contributed by atoms with Crippen LogP contribution < -0.4 is 5.32 Å². The predicted octanol–water partition coefficient (Wildman–Crippen LogP) is 5.44. The monoisotopic (exact) mass is 293 g/mol. The average Bonchev–Trinajstić information content (AvgIpc) is 2.47. The molecule has 0 aliphatic carbocycles. The molecule has 0 heterocycles. The largest absolute Gasteiger partial charge is 0.416 e. The highest BCUT2D eigenvalue weighted by atomic mass is 19.4. The van der Waals surface area contributed by atoms with Gasteiger partial charge >= 0.3 is 6.18 Å². The van der Waals surface area contributed by atoms with Gasteiger partial charge in [0, 0.05) is 11.7 Å². The predicted molar refractivity (Wildman–Crippen MR) is 79.3 cm³/mol. The van der Waals surface area contributed by atoms with Crippen molar-refractivity contribution >= 4 is 5.69 Å². The molecule has 21 heavy (non-hydrogen) atoms. The number of rotatable bonds is 4. The number of aryl methyl sites for hydroxylation is 1. The first-order valence-corrected chi connectivity index (χ1v) is 6.93. The molecule has 0 saturated carbocycles. The first kappa shape index (κ1) is 15.4. The summed E-state index contributed by atoms with van der Waals surface area (Å²) >= 11 is 0. The molecule has 0 radical (unpaired) electrons. The topological polar surface area (TPSA) is 12.0 Å². The van der Waals surface area contributed by atoms with Crippen molar-refractivity contribution in [3.8, 4) is 0 Å². The van der Waals surface area contributed by atoms with E-state index in [0.717, 1.165) is 29.8 Å². The second kappa shape index (κ2) is 6.20. The second-order valence-corrected chi connectivity index (χ2v) is 5.04. The van der Waals surface area contributed by atoms with Crippen molar-refractivity contribution in [1.82, 2.24) is 0 Å². The van der Waals surface area contributed by atoms with E-state index in [4.69, 9.17) is 0 Å². The Morgan fingerprint density at radius 3 is 2.00 bits per heavy atom. The van der Waals surface area contributed by atoms with Crippen LogP contribution in [-0.2, 0) is 12.6 Å². The molecule has 1 nitrogen and oxygen atoms in total. The lowest BCUT2D eigenvalue weighted by atomic mass is 10.1. The van der Waals surface area contributed by atoms with Crippen molar-refractivity contribution in [1.29, 1.82) is 0 Å². The number of hydrogen-bond acceptors (Lipinski definition) is 1. The lowest BCUT2D eigenvalue weighted by molar-refractivity contribution is -0.137. The smallest absolute Gasteiger partial charge is 0.379 e. The summed E-state index contributed by atoms with van der Waals surface area (Å²) in [7, 11) is 0. The van der Waals surface area contributed by atoms with Crippen LogP contribution >= 0.6 is 0 Å². The number of nitrogens with one attached hydrogen (secondary N) is 1. The molecule has 2 aromatic rings. The molecular formula is C17H18F3N. The van der Waals surface area contributed by atoms with E-state index in [1.165, 1.54) is 17.7 Å². The fraction of sp³-hybridized carbons (Fsp3) is 0.294. The fourth-order valence-corrected chi connectivity index (χ4v) is 2.13. The summed E-state index contributed by atoms with van der Waals surface area (Å²) in [5, 5.41) is 3.29. The Kier molecular flexibility index (Phi) is 4.56. The van der Waals surface area contributed by atoms with Crippen LogP contribution in [0.3, 0.4) is 0 Å². The zero-order valence-electron chi connectivity index (χ0n) is 12.0. The summed E-state index contributed by atoms with van der Waals surface area (Å²) in [4.78, 5) is 0. The minimum atomic E-state index is -4.29. The fourth-order valence-electron chi connectivity index (χ4n) is 2.13. The van der Waals surface area contributed by atoms with E-state index in [2.05, 4.69) is 12.2 Å². The Morgan fingerprint density at radius 2 is 1.52 bits per heavy atom. The standard InChI is InChI=1S/C17H18F3N/c1-3-13-4-10-16(11-5-13)21-12(2)14-6-8-15(9-7-14)17(18,19)20/h4-12,21H,3H2,1-2H3. The normalized spacial score (nSPS) is 13.0. The van der Waals surface area contributed by atoms with E-state index >= 15 is 0 Å². The van der Waals surface area contributed by atoms with E-state index in [1.807, 2.05) is 31.2 Å². The van der Waals surface area contributed by atoms with Gasteiger partial charge in [0.1, 0.15) is 0 Å². The van der Waals surface area contributed by atoms with Gasteiger partial charge in [0.2, 0.25) is 0 Å². The van der Waals surface area contributed by atoms with Gasteiger partial charge in [-0.3, -0.25) is 0 Å². The first-order chi connectivity index (χ1) is 9.90. The molecule has 0 spiro atoms. The summed E-state index contributed by atoms with van der Waals surface area (Å²) in [6, 6.07) is 13.3. The van der Waals surface area contributed by atoms with Crippen molar-refractivity contribution in [2.45, 2.75) is 32.5 Å². The maximum Gasteiger partial charge on any atom is 0.416 e. The minimum absolute atomic E-state index is 0.0558. The summed E-state index contributed by atoms with van der Waals surface area (Å²) in [5.41, 5.74) is 2.41. The SMILES string of the molecule is CCc1ccc(NC(C)c2ccc(C(F)(F)F)cc2)cc1.